The molecule has 0 bridgehead atoms. The highest BCUT2D eigenvalue weighted by molar-refractivity contribution is 5.82. The van der Waals surface area contributed by atoms with E-state index in [4.69, 9.17) is 15.0 Å². The summed E-state index contributed by atoms with van der Waals surface area (Å²) in [5.41, 5.74) is 7.15. The second-order valence-corrected chi connectivity index (χ2v) is 6.51. The number of nitrogens with zero attached hydrogens (tertiary/aromatic N) is 3. The van der Waals surface area contributed by atoms with Gasteiger partial charge in [-0.25, -0.2) is 0 Å². The van der Waals surface area contributed by atoms with Crippen LogP contribution in [0.1, 0.15) is 24.3 Å². The van der Waals surface area contributed by atoms with Crippen LogP contribution >= 0.6 is 0 Å². The van der Waals surface area contributed by atoms with Gasteiger partial charge in [0.15, 0.2) is 0 Å². The third-order valence-electron chi connectivity index (χ3n) is 4.81. The van der Waals surface area contributed by atoms with E-state index < -0.39 is 0 Å². The average Bonchev–Trinajstić information content (AvgIpc) is 3.00. The number of carbonyl (C=O) groups excluding carboxylic acids is 1. The molecule has 3 rings (SSSR count). The van der Waals surface area contributed by atoms with Gasteiger partial charge < -0.3 is 19.9 Å². The molecule has 1 unspecified atom stereocenters. The molecule has 1 atom stereocenters. The summed E-state index contributed by atoms with van der Waals surface area (Å²) in [5, 5.41) is 4.02. The highest BCUT2D eigenvalue weighted by Gasteiger charge is 2.31. The Morgan fingerprint density at radius 3 is 2.65 bits per heavy atom. The maximum absolute atomic E-state index is 12.6. The summed E-state index contributed by atoms with van der Waals surface area (Å²) >= 11 is 0. The zero-order valence-electron chi connectivity index (χ0n) is 13.7. The van der Waals surface area contributed by atoms with Crippen LogP contribution in [0.2, 0.25) is 0 Å². The number of aryl methyl sites for hydroxylation is 1. The Balaban J connectivity index is 1.47. The monoisotopic (exact) mass is 322 g/mol. The summed E-state index contributed by atoms with van der Waals surface area (Å²) in [5.74, 6) is 1.18. The molecular formula is C16H26N4O3. The van der Waals surface area contributed by atoms with Gasteiger partial charge in [-0.15, -0.1) is 0 Å². The second-order valence-electron chi connectivity index (χ2n) is 6.51. The molecule has 23 heavy (non-hydrogen) atoms. The van der Waals surface area contributed by atoms with Crippen molar-refractivity contribution in [3.8, 4) is 0 Å². The van der Waals surface area contributed by atoms with Crippen molar-refractivity contribution in [3.63, 3.8) is 0 Å². The highest BCUT2D eigenvalue weighted by Crippen LogP contribution is 2.19. The van der Waals surface area contributed by atoms with Gasteiger partial charge in [-0.1, -0.05) is 5.16 Å². The van der Waals surface area contributed by atoms with E-state index in [-0.39, 0.29) is 17.9 Å². The first kappa shape index (κ1) is 16.4. The van der Waals surface area contributed by atoms with Crippen molar-refractivity contribution >= 4 is 5.91 Å². The Bertz CT molecular complexity index is 519. The first-order valence-electron chi connectivity index (χ1n) is 8.40. The summed E-state index contributed by atoms with van der Waals surface area (Å²) in [6, 6.07) is 1.57. The minimum absolute atomic E-state index is 0.0915. The minimum Gasteiger partial charge on any atom is -0.381 e. The number of nitrogens with two attached hydrogens (primary N) is 1. The molecule has 1 aromatic rings. The fraction of sp³-hybridized carbons (Fsp3) is 0.750. The molecule has 1 aromatic heterocycles. The van der Waals surface area contributed by atoms with Crippen LogP contribution in [0.15, 0.2) is 10.6 Å². The fourth-order valence-electron chi connectivity index (χ4n) is 3.34. The number of hydrogen-bond acceptors (Lipinski definition) is 6. The molecule has 2 saturated heterocycles. The molecule has 0 saturated carbocycles. The van der Waals surface area contributed by atoms with Crippen LogP contribution in [0.25, 0.3) is 0 Å². The predicted octanol–water partition coefficient (Wildman–Crippen LogP) is 0.381. The van der Waals surface area contributed by atoms with Crippen molar-refractivity contribution in [3.05, 3.63) is 17.5 Å². The Labute approximate surface area is 136 Å². The van der Waals surface area contributed by atoms with E-state index in [0.29, 0.717) is 0 Å². The molecule has 2 aliphatic heterocycles. The molecule has 0 aromatic carbocycles. The molecule has 0 aliphatic carbocycles. The van der Waals surface area contributed by atoms with E-state index in [1.807, 2.05) is 17.9 Å². The van der Waals surface area contributed by atoms with Gasteiger partial charge in [-0.3, -0.25) is 9.69 Å². The fourth-order valence-corrected chi connectivity index (χ4v) is 3.34. The van der Waals surface area contributed by atoms with E-state index in [1.165, 1.54) is 0 Å². The molecule has 0 spiro atoms. The van der Waals surface area contributed by atoms with E-state index in [0.717, 1.165) is 70.2 Å². The number of amides is 1. The van der Waals surface area contributed by atoms with Crippen molar-refractivity contribution < 1.29 is 14.1 Å². The Morgan fingerprint density at radius 1 is 1.35 bits per heavy atom. The molecule has 2 aliphatic rings. The third kappa shape index (κ3) is 4.10. The van der Waals surface area contributed by atoms with Gasteiger partial charge in [0.1, 0.15) is 5.76 Å². The van der Waals surface area contributed by atoms with Crippen LogP contribution in [-0.4, -0.2) is 66.3 Å². The number of rotatable bonds is 4. The molecule has 128 valence electrons. The van der Waals surface area contributed by atoms with Gasteiger partial charge in [0.2, 0.25) is 5.91 Å². The topological polar surface area (TPSA) is 84.8 Å². The van der Waals surface area contributed by atoms with Gasteiger partial charge in [-0.2, -0.15) is 0 Å². The van der Waals surface area contributed by atoms with E-state index >= 15 is 0 Å². The number of hydrogen-bond donors (Lipinski definition) is 1. The maximum atomic E-state index is 12.6. The lowest BCUT2D eigenvalue weighted by atomic mass is 9.91. The molecule has 2 N–H and O–H groups in total. The van der Waals surface area contributed by atoms with Crippen molar-refractivity contribution in [2.45, 2.75) is 32.4 Å². The lowest BCUT2D eigenvalue weighted by Gasteiger charge is -2.37. The van der Waals surface area contributed by atoms with Crippen LogP contribution < -0.4 is 5.73 Å². The van der Waals surface area contributed by atoms with Crippen molar-refractivity contribution in [2.75, 3.05) is 39.4 Å². The SMILES string of the molecule is Cc1cc(CN2CCN(C(=O)C(N)C3CCOCC3)CC2)no1. The second kappa shape index (κ2) is 7.42. The lowest BCUT2D eigenvalue weighted by molar-refractivity contribution is -0.136. The number of carbonyl (C=O) groups is 1. The Hall–Kier alpha value is -1.44. The highest BCUT2D eigenvalue weighted by atomic mass is 16.5. The molecule has 1 amide bonds. The van der Waals surface area contributed by atoms with Crippen molar-refractivity contribution in [1.29, 1.82) is 0 Å². The summed E-state index contributed by atoms with van der Waals surface area (Å²) in [4.78, 5) is 16.8. The lowest BCUT2D eigenvalue weighted by Crippen LogP contribution is -2.55. The number of piperazine rings is 1. The largest absolute Gasteiger partial charge is 0.381 e. The van der Waals surface area contributed by atoms with E-state index in [9.17, 15) is 4.79 Å². The molecule has 7 heteroatoms. The molecular weight excluding hydrogens is 296 g/mol. The van der Waals surface area contributed by atoms with Crippen LogP contribution in [-0.2, 0) is 16.1 Å². The molecule has 7 nitrogen and oxygen atoms in total. The predicted molar refractivity (Wildman–Crippen MR) is 84.6 cm³/mol. The van der Waals surface area contributed by atoms with Gasteiger partial charge in [0, 0.05) is 52.0 Å². The van der Waals surface area contributed by atoms with Gasteiger partial charge in [0.25, 0.3) is 0 Å². The quantitative estimate of drug-likeness (QED) is 0.863. The Morgan fingerprint density at radius 2 is 2.04 bits per heavy atom. The molecule has 3 heterocycles. The Kier molecular flexibility index (Phi) is 5.30. The van der Waals surface area contributed by atoms with Crippen LogP contribution in [0.3, 0.4) is 0 Å². The maximum Gasteiger partial charge on any atom is 0.239 e. The van der Waals surface area contributed by atoms with Crippen LogP contribution in [0, 0.1) is 12.8 Å². The third-order valence-corrected chi connectivity index (χ3v) is 4.81. The zero-order valence-corrected chi connectivity index (χ0v) is 13.7. The summed E-state index contributed by atoms with van der Waals surface area (Å²) in [6.45, 7) is 7.25. The first-order valence-corrected chi connectivity index (χ1v) is 8.40. The van der Waals surface area contributed by atoms with Gasteiger partial charge in [-0.05, 0) is 25.7 Å². The summed E-state index contributed by atoms with van der Waals surface area (Å²) < 4.78 is 10.4. The first-order chi connectivity index (χ1) is 11.1. The smallest absolute Gasteiger partial charge is 0.239 e. The normalized spacial score (nSPS) is 22.3. The number of aromatic nitrogens is 1. The molecule has 0 radical (unpaired) electrons. The van der Waals surface area contributed by atoms with Crippen molar-refractivity contribution in [2.24, 2.45) is 11.7 Å². The van der Waals surface area contributed by atoms with Gasteiger partial charge >= 0.3 is 0 Å². The zero-order chi connectivity index (χ0) is 16.2. The van der Waals surface area contributed by atoms with Crippen LogP contribution in [0.5, 0.6) is 0 Å². The number of ether oxygens (including phenoxy) is 1. The van der Waals surface area contributed by atoms with Gasteiger partial charge in [0.05, 0.1) is 11.7 Å². The summed E-state index contributed by atoms with van der Waals surface area (Å²) in [6.07, 6.45) is 1.77. The van der Waals surface area contributed by atoms with Crippen LogP contribution in [0.4, 0.5) is 0 Å². The molecule has 2 fully saturated rings. The van der Waals surface area contributed by atoms with Crippen molar-refractivity contribution in [1.82, 2.24) is 15.0 Å². The average molecular weight is 322 g/mol. The minimum atomic E-state index is -0.386. The van der Waals surface area contributed by atoms with E-state index in [2.05, 4.69) is 10.1 Å². The standard InChI is InChI=1S/C16H26N4O3/c1-12-10-14(18-23-12)11-19-4-6-20(7-5-19)16(21)15(17)13-2-8-22-9-3-13/h10,13,15H,2-9,11,17H2,1H3. The summed E-state index contributed by atoms with van der Waals surface area (Å²) in [7, 11) is 0. The van der Waals surface area contributed by atoms with E-state index in [1.54, 1.807) is 0 Å².